The maximum absolute atomic E-state index is 11.9. The molecule has 24 heavy (non-hydrogen) atoms. The molecule has 2 heterocycles. The SMILES string of the molecule is C=Cc1cn([C@H]2CO[C@@H](COCc3ccccc3)O2)c(=O)[nH]c1=O. The maximum atomic E-state index is 11.9. The van der Waals surface area contributed by atoms with Crippen molar-refractivity contribution < 1.29 is 14.2 Å². The van der Waals surface area contributed by atoms with E-state index in [1.54, 1.807) is 0 Å². The number of hydrogen-bond acceptors (Lipinski definition) is 5. The summed E-state index contributed by atoms with van der Waals surface area (Å²) in [4.78, 5) is 25.7. The monoisotopic (exact) mass is 330 g/mol. The highest BCUT2D eigenvalue weighted by Gasteiger charge is 2.28. The number of nitrogens with one attached hydrogen (secondary N) is 1. The average molecular weight is 330 g/mol. The highest BCUT2D eigenvalue weighted by Crippen LogP contribution is 2.20. The van der Waals surface area contributed by atoms with E-state index in [-0.39, 0.29) is 13.2 Å². The molecule has 1 aliphatic heterocycles. The van der Waals surface area contributed by atoms with Crippen molar-refractivity contribution in [2.24, 2.45) is 0 Å². The first-order valence-corrected chi connectivity index (χ1v) is 7.54. The predicted molar refractivity (Wildman–Crippen MR) is 87.4 cm³/mol. The Kier molecular flexibility index (Phi) is 5.05. The fraction of sp³-hybridized carbons (Fsp3) is 0.294. The van der Waals surface area contributed by atoms with Gasteiger partial charge in [0.25, 0.3) is 5.56 Å². The molecule has 1 aliphatic rings. The first-order chi connectivity index (χ1) is 11.7. The smallest absolute Gasteiger partial charge is 0.330 e. The van der Waals surface area contributed by atoms with Gasteiger partial charge in [0.05, 0.1) is 25.4 Å². The Balaban J connectivity index is 1.58. The summed E-state index contributed by atoms with van der Waals surface area (Å²) >= 11 is 0. The van der Waals surface area contributed by atoms with E-state index in [4.69, 9.17) is 14.2 Å². The molecule has 0 bridgehead atoms. The minimum absolute atomic E-state index is 0.196. The van der Waals surface area contributed by atoms with E-state index in [9.17, 15) is 9.59 Å². The van der Waals surface area contributed by atoms with Crippen LogP contribution in [0.3, 0.4) is 0 Å². The minimum atomic E-state index is -0.613. The lowest BCUT2D eigenvalue weighted by atomic mass is 10.2. The zero-order valence-electron chi connectivity index (χ0n) is 13.0. The van der Waals surface area contributed by atoms with E-state index in [2.05, 4.69) is 11.6 Å². The van der Waals surface area contributed by atoms with Gasteiger partial charge < -0.3 is 14.2 Å². The summed E-state index contributed by atoms with van der Waals surface area (Å²) in [6.45, 7) is 4.44. The van der Waals surface area contributed by atoms with Crippen LogP contribution in [-0.4, -0.2) is 29.1 Å². The summed E-state index contributed by atoms with van der Waals surface area (Å²) in [6, 6.07) is 9.76. The van der Waals surface area contributed by atoms with E-state index >= 15 is 0 Å². The molecular formula is C17H18N2O5. The van der Waals surface area contributed by atoms with Crippen LogP contribution >= 0.6 is 0 Å². The second kappa shape index (κ2) is 7.39. The van der Waals surface area contributed by atoms with Crippen molar-refractivity contribution in [3.05, 3.63) is 75.1 Å². The Morgan fingerprint density at radius 1 is 1.33 bits per heavy atom. The van der Waals surface area contributed by atoms with Crippen molar-refractivity contribution >= 4 is 6.08 Å². The molecule has 7 nitrogen and oxygen atoms in total. The van der Waals surface area contributed by atoms with Crippen molar-refractivity contribution in [3.63, 3.8) is 0 Å². The van der Waals surface area contributed by atoms with Gasteiger partial charge in [0, 0.05) is 6.20 Å². The Hall–Kier alpha value is -2.48. The van der Waals surface area contributed by atoms with E-state index < -0.39 is 23.8 Å². The molecule has 2 aromatic rings. The lowest BCUT2D eigenvalue weighted by Crippen LogP contribution is -2.34. The number of H-pyrrole nitrogens is 1. The molecule has 1 aromatic heterocycles. The van der Waals surface area contributed by atoms with Crippen LogP contribution in [-0.2, 0) is 20.8 Å². The lowest BCUT2D eigenvalue weighted by molar-refractivity contribution is -0.118. The van der Waals surface area contributed by atoms with E-state index in [1.165, 1.54) is 16.8 Å². The van der Waals surface area contributed by atoms with E-state index in [0.717, 1.165) is 5.56 Å². The average Bonchev–Trinajstić information content (AvgIpc) is 3.04. The molecule has 0 aliphatic carbocycles. The quantitative estimate of drug-likeness (QED) is 0.862. The largest absolute Gasteiger partial charge is 0.371 e. The van der Waals surface area contributed by atoms with Gasteiger partial charge >= 0.3 is 5.69 Å². The minimum Gasteiger partial charge on any atom is -0.371 e. The molecule has 1 saturated heterocycles. The normalized spacial score (nSPS) is 20.2. The fourth-order valence-corrected chi connectivity index (χ4v) is 2.38. The standard InChI is InChI=1S/C17H18N2O5/c1-2-13-8-19(17(21)18-16(13)20)14-10-23-15(24-14)11-22-9-12-6-4-3-5-7-12/h2-8,14-15H,1,9-11H2,(H,18,20,21)/t14-,15-/m1/s1. The zero-order valence-corrected chi connectivity index (χ0v) is 13.0. The number of benzene rings is 1. The van der Waals surface area contributed by atoms with Gasteiger partial charge in [-0.3, -0.25) is 14.3 Å². The van der Waals surface area contributed by atoms with Gasteiger partial charge in [-0.15, -0.1) is 0 Å². The third kappa shape index (κ3) is 3.70. The Labute approximate surface area is 138 Å². The predicted octanol–water partition coefficient (Wildman–Crippen LogP) is 1.27. The van der Waals surface area contributed by atoms with Crippen LogP contribution in [0, 0.1) is 0 Å². The number of aromatic amines is 1. The molecule has 0 radical (unpaired) electrons. The Bertz CT molecular complexity index is 812. The molecule has 2 atom stereocenters. The first-order valence-electron chi connectivity index (χ1n) is 7.54. The van der Waals surface area contributed by atoms with Gasteiger partial charge in [0.15, 0.2) is 12.5 Å². The molecule has 0 spiro atoms. The Morgan fingerprint density at radius 2 is 2.12 bits per heavy atom. The van der Waals surface area contributed by atoms with Gasteiger partial charge in [-0.1, -0.05) is 43.0 Å². The van der Waals surface area contributed by atoms with Crippen LogP contribution in [0.4, 0.5) is 0 Å². The van der Waals surface area contributed by atoms with Crippen molar-refractivity contribution in [1.29, 1.82) is 0 Å². The molecule has 126 valence electrons. The van der Waals surface area contributed by atoms with Gasteiger partial charge in [-0.05, 0) is 5.56 Å². The second-order valence-electron chi connectivity index (χ2n) is 5.31. The molecule has 1 fully saturated rings. The molecule has 7 heteroatoms. The van der Waals surface area contributed by atoms with E-state index in [1.807, 2.05) is 30.3 Å². The van der Waals surface area contributed by atoms with Crippen LogP contribution in [0.1, 0.15) is 17.4 Å². The molecular weight excluding hydrogens is 312 g/mol. The van der Waals surface area contributed by atoms with Gasteiger partial charge in [-0.2, -0.15) is 0 Å². The number of rotatable bonds is 6. The zero-order chi connectivity index (χ0) is 16.9. The highest BCUT2D eigenvalue weighted by molar-refractivity contribution is 5.43. The van der Waals surface area contributed by atoms with Crippen LogP contribution < -0.4 is 11.2 Å². The van der Waals surface area contributed by atoms with Crippen LogP contribution in [0.15, 0.2) is 52.7 Å². The number of nitrogens with zero attached hydrogens (tertiary/aromatic N) is 1. The molecule has 0 saturated carbocycles. The summed E-state index contributed by atoms with van der Waals surface area (Å²) in [5.41, 5.74) is 0.319. The summed E-state index contributed by atoms with van der Waals surface area (Å²) in [7, 11) is 0. The maximum Gasteiger partial charge on any atom is 0.330 e. The summed E-state index contributed by atoms with van der Waals surface area (Å²) in [6.07, 6.45) is 1.61. The summed E-state index contributed by atoms with van der Waals surface area (Å²) in [5, 5.41) is 0. The molecule has 1 N–H and O–H groups in total. The summed E-state index contributed by atoms with van der Waals surface area (Å²) in [5.74, 6) is 0. The van der Waals surface area contributed by atoms with Crippen LogP contribution in [0.2, 0.25) is 0 Å². The molecule has 3 rings (SSSR count). The van der Waals surface area contributed by atoms with Crippen molar-refractivity contribution in [2.75, 3.05) is 13.2 Å². The fourth-order valence-electron chi connectivity index (χ4n) is 2.38. The van der Waals surface area contributed by atoms with Crippen molar-refractivity contribution in [1.82, 2.24) is 9.55 Å². The van der Waals surface area contributed by atoms with Crippen LogP contribution in [0.5, 0.6) is 0 Å². The summed E-state index contributed by atoms with van der Waals surface area (Å²) < 4.78 is 18.0. The number of hydrogen-bond donors (Lipinski definition) is 1. The van der Waals surface area contributed by atoms with Gasteiger partial charge in [-0.25, -0.2) is 4.79 Å². The van der Waals surface area contributed by atoms with Crippen LogP contribution in [0.25, 0.3) is 6.08 Å². The highest BCUT2D eigenvalue weighted by atomic mass is 16.7. The third-order valence-electron chi connectivity index (χ3n) is 3.62. The topological polar surface area (TPSA) is 82.6 Å². The molecule has 0 unspecified atom stereocenters. The molecule has 0 amide bonds. The van der Waals surface area contributed by atoms with Crippen molar-refractivity contribution in [3.8, 4) is 0 Å². The van der Waals surface area contributed by atoms with Gasteiger partial charge in [0.1, 0.15) is 0 Å². The number of aromatic nitrogens is 2. The van der Waals surface area contributed by atoms with Crippen molar-refractivity contribution in [2.45, 2.75) is 19.1 Å². The van der Waals surface area contributed by atoms with E-state index in [0.29, 0.717) is 12.2 Å². The Morgan fingerprint density at radius 3 is 2.88 bits per heavy atom. The van der Waals surface area contributed by atoms with Gasteiger partial charge in [0.2, 0.25) is 0 Å². The lowest BCUT2D eigenvalue weighted by Gasteiger charge is -2.14. The first kappa shape index (κ1) is 16.4. The molecule has 1 aromatic carbocycles. The second-order valence-corrected chi connectivity index (χ2v) is 5.31. The number of ether oxygens (including phenoxy) is 3. The third-order valence-corrected chi connectivity index (χ3v) is 3.62.